The molecule has 0 amide bonds. The van der Waals surface area contributed by atoms with Crippen molar-refractivity contribution in [3.05, 3.63) is 71.8 Å². The standard InChI is InChI=1S/C28H27N3O5S/c1-3-13-35-21-10-12-25-22(15-21)26(20-8-5-18(17-32)6-9-20)27(36-28(33)34-4-2)31(25)16-19-7-11-23-24(14-19)30-37-29-23/h5-12,14-15,32H,3-4,13,16-17H2,1-2H3. The van der Waals surface area contributed by atoms with Crippen LogP contribution in [0.2, 0.25) is 0 Å². The molecule has 0 spiro atoms. The molecule has 0 radical (unpaired) electrons. The van der Waals surface area contributed by atoms with Gasteiger partial charge < -0.3 is 23.9 Å². The highest BCUT2D eigenvalue weighted by molar-refractivity contribution is 7.00. The van der Waals surface area contributed by atoms with Gasteiger partial charge in [0, 0.05) is 5.39 Å². The summed E-state index contributed by atoms with van der Waals surface area (Å²) in [6, 6.07) is 19.3. The van der Waals surface area contributed by atoms with E-state index in [-0.39, 0.29) is 13.2 Å². The summed E-state index contributed by atoms with van der Waals surface area (Å²) in [4.78, 5) is 12.6. The maximum Gasteiger partial charge on any atom is 0.515 e. The van der Waals surface area contributed by atoms with Crippen molar-refractivity contribution in [2.45, 2.75) is 33.4 Å². The molecular formula is C28H27N3O5S. The fourth-order valence-electron chi connectivity index (χ4n) is 4.27. The summed E-state index contributed by atoms with van der Waals surface area (Å²) < 4.78 is 27.6. The molecule has 190 valence electrons. The Morgan fingerprint density at radius 2 is 1.76 bits per heavy atom. The lowest BCUT2D eigenvalue weighted by Crippen LogP contribution is -2.14. The molecule has 0 fully saturated rings. The molecule has 8 nitrogen and oxygen atoms in total. The molecular weight excluding hydrogens is 490 g/mol. The second kappa shape index (κ2) is 11.0. The Bertz CT molecular complexity index is 1540. The van der Waals surface area contributed by atoms with Gasteiger partial charge in [0.25, 0.3) is 0 Å². The van der Waals surface area contributed by atoms with Gasteiger partial charge in [-0.05, 0) is 60.4 Å². The third-order valence-corrected chi connectivity index (χ3v) is 6.54. The molecule has 0 bridgehead atoms. The fraction of sp³-hybridized carbons (Fsp3) is 0.250. The van der Waals surface area contributed by atoms with E-state index in [1.54, 1.807) is 6.92 Å². The van der Waals surface area contributed by atoms with Crippen LogP contribution in [0.3, 0.4) is 0 Å². The molecule has 0 aliphatic heterocycles. The Labute approximate surface area is 218 Å². The number of fused-ring (bicyclic) bond motifs is 2. The Balaban J connectivity index is 1.71. The van der Waals surface area contributed by atoms with Crippen molar-refractivity contribution in [2.75, 3.05) is 13.2 Å². The molecule has 2 heterocycles. The first-order valence-corrected chi connectivity index (χ1v) is 12.9. The second-order valence-corrected chi connectivity index (χ2v) is 9.05. The van der Waals surface area contributed by atoms with E-state index in [1.807, 2.05) is 65.2 Å². The lowest BCUT2D eigenvalue weighted by molar-refractivity contribution is 0.101. The van der Waals surface area contributed by atoms with Gasteiger partial charge in [0.15, 0.2) is 0 Å². The monoisotopic (exact) mass is 517 g/mol. The SMILES string of the molecule is CCCOc1ccc2c(c1)c(-c1ccc(CO)cc1)c(OC(=O)OCC)n2Cc1ccc2nsnc2c1. The molecule has 0 aliphatic carbocycles. The van der Waals surface area contributed by atoms with E-state index in [1.165, 1.54) is 11.7 Å². The Hall–Kier alpha value is -3.95. The van der Waals surface area contributed by atoms with Gasteiger partial charge in [-0.3, -0.25) is 0 Å². The number of aliphatic hydroxyl groups excluding tert-OH is 1. The van der Waals surface area contributed by atoms with Gasteiger partial charge in [-0.15, -0.1) is 0 Å². The third-order valence-electron chi connectivity index (χ3n) is 5.99. The van der Waals surface area contributed by atoms with Gasteiger partial charge >= 0.3 is 6.16 Å². The van der Waals surface area contributed by atoms with Gasteiger partial charge in [0.05, 0.1) is 49.2 Å². The van der Waals surface area contributed by atoms with Crippen LogP contribution in [-0.4, -0.2) is 37.8 Å². The number of hydrogen-bond acceptors (Lipinski definition) is 8. The van der Waals surface area contributed by atoms with Crippen LogP contribution in [-0.2, 0) is 17.9 Å². The van der Waals surface area contributed by atoms with E-state index in [0.29, 0.717) is 19.0 Å². The highest BCUT2D eigenvalue weighted by atomic mass is 32.1. The predicted molar refractivity (Wildman–Crippen MR) is 143 cm³/mol. The van der Waals surface area contributed by atoms with E-state index >= 15 is 0 Å². The number of benzene rings is 3. The first kappa shape index (κ1) is 24.7. The van der Waals surface area contributed by atoms with Crippen molar-refractivity contribution in [3.8, 4) is 22.8 Å². The lowest BCUT2D eigenvalue weighted by Gasteiger charge is -2.13. The molecule has 0 saturated heterocycles. The van der Waals surface area contributed by atoms with Crippen LogP contribution in [0.25, 0.3) is 33.1 Å². The summed E-state index contributed by atoms with van der Waals surface area (Å²) in [5.41, 5.74) is 5.90. The van der Waals surface area contributed by atoms with Crippen LogP contribution >= 0.6 is 11.7 Å². The minimum atomic E-state index is -0.776. The lowest BCUT2D eigenvalue weighted by atomic mass is 10.0. The minimum Gasteiger partial charge on any atom is -0.494 e. The normalized spacial score (nSPS) is 11.2. The number of aromatic nitrogens is 3. The summed E-state index contributed by atoms with van der Waals surface area (Å²) in [6.45, 7) is 4.96. The molecule has 0 unspecified atom stereocenters. The first-order chi connectivity index (χ1) is 18.1. The average molecular weight is 518 g/mol. The number of rotatable bonds is 9. The number of nitrogens with zero attached hydrogens (tertiary/aromatic N) is 3. The highest BCUT2D eigenvalue weighted by Gasteiger charge is 2.24. The van der Waals surface area contributed by atoms with Gasteiger partial charge in [-0.25, -0.2) is 4.79 Å². The molecule has 5 aromatic rings. The molecule has 9 heteroatoms. The van der Waals surface area contributed by atoms with Gasteiger partial charge in [-0.2, -0.15) is 8.75 Å². The number of aliphatic hydroxyl groups is 1. The zero-order chi connectivity index (χ0) is 25.8. The number of hydrogen-bond donors (Lipinski definition) is 1. The number of carbonyl (C=O) groups is 1. The van der Waals surface area contributed by atoms with Crippen molar-refractivity contribution in [1.29, 1.82) is 0 Å². The second-order valence-electron chi connectivity index (χ2n) is 8.52. The molecule has 2 aromatic heterocycles. The molecule has 37 heavy (non-hydrogen) atoms. The van der Waals surface area contributed by atoms with Crippen LogP contribution in [0.5, 0.6) is 11.6 Å². The summed E-state index contributed by atoms with van der Waals surface area (Å²) in [5, 5.41) is 10.4. The Kier molecular flexibility index (Phi) is 7.34. The summed E-state index contributed by atoms with van der Waals surface area (Å²) >= 11 is 1.18. The van der Waals surface area contributed by atoms with Crippen molar-refractivity contribution in [1.82, 2.24) is 13.3 Å². The van der Waals surface area contributed by atoms with Crippen LogP contribution in [0.1, 0.15) is 31.4 Å². The minimum absolute atomic E-state index is 0.0584. The summed E-state index contributed by atoms with van der Waals surface area (Å²) in [6.07, 6.45) is 0.112. The molecule has 0 atom stereocenters. The highest BCUT2D eigenvalue weighted by Crippen LogP contribution is 2.42. The van der Waals surface area contributed by atoms with Crippen molar-refractivity contribution < 1.29 is 24.1 Å². The van der Waals surface area contributed by atoms with Crippen molar-refractivity contribution in [3.63, 3.8) is 0 Å². The van der Waals surface area contributed by atoms with Gasteiger partial charge in [0.2, 0.25) is 5.88 Å². The largest absolute Gasteiger partial charge is 0.515 e. The van der Waals surface area contributed by atoms with E-state index in [2.05, 4.69) is 15.7 Å². The topological polar surface area (TPSA) is 95.7 Å². The number of carbonyl (C=O) groups excluding carboxylic acids is 1. The fourth-order valence-corrected chi connectivity index (χ4v) is 4.79. The zero-order valence-corrected chi connectivity index (χ0v) is 21.5. The van der Waals surface area contributed by atoms with Crippen LogP contribution in [0, 0.1) is 0 Å². The Morgan fingerprint density at radius 1 is 0.973 bits per heavy atom. The molecule has 5 rings (SSSR count). The number of ether oxygens (including phenoxy) is 3. The molecule has 3 aromatic carbocycles. The average Bonchev–Trinajstić information content (AvgIpc) is 3.50. The third kappa shape index (κ3) is 5.14. The molecule has 0 saturated carbocycles. The smallest absolute Gasteiger partial charge is 0.494 e. The maximum atomic E-state index is 12.6. The molecule has 1 N–H and O–H groups in total. The van der Waals surface area contributed by atoms with Gasteiger partial charge in [-0.1, -0.05) is 37.3 Å². The van der Waals surface area contributed by atoms with E-state index in [9.17, 15) is 9.90 Å². The van der Waals surface area contributed by atoms with E-state index in [0.717, 1.165) is 56.4 Å². The van der Waals surface area contributed by atoms with Crippen LogP contribution < -0.4 is 9.47 Å². The van der Waals surface area contributed by atoms with Crippen molar-refractivity contribution >= 4 is 39.8 Å². The van der Waals surface area contributed by atoms with Crippen LogP contribution in [0.4, 0.5) is 4.79 Å². The predicted octanol–water partition coefficient (Wildman–Crippen LogP) is 6.18. The van der Waals surface area contributed by atoms with Crippen molar-refractivity contribution in [2.24, 2.45) is 0 Å². The van der Waals surface area contributed by atoms with E-state index in [4.69, 9.17) is 14.2 Å². The molecule has 0 aliphatic rings. The van der Waals surface area contributed by atoms with Crippen LogP contribution in [0.15, 0.2) is 60.7 Å². The first-order valence-electron chi connectivity index (χ1n) is 12.2. The quantitative estimate of drug-likeness (QED) is 0.233. The Morgan fingerprint density at radius 3 is 2.51 bits per heavy atom. The van der Waals surface area contributed by atoms with Gasteiger partial charge in [0.1, 0.15) is 16.8 Å². The van der Waals surface area contributed by atoms with E-state index < -0.39 is 6.16 Å². The zero-order valence-electron chi connectivity index (χ0n) is 20.6. The summed E-state index contributed by atoms with van der Waals surface area (Å²) in [7, 11) is 0. The summed E-state index contributed by atoms with van der Waals surface area (Å²) in [5.74, 6) is 1.10. The maximum absolute atomic E-state index is 12.6.